The highest BCUT2D eigenvalue weighted by Crippen LogP contribution is 2.36. The van der Waals surface area contributed by atoms with Crippen LogP contribution in [0.2, 0.25) is 0 Å². The number of nitriles is 1. The minimum absolute atomic E-state index is 0.111. The first-order valence-corrected chi connectivity index (χ1v) is 10.2. The molecule has 0 saturated carbocycles. The predicted octanol–water partition coefficient (Wildman–Crippen LogP) is 5.03. The van der Waals surface area contributed by atoms with Crippen LogP contribution in [0, 0.1) is 11.3 Å². The number of pyridine rings is 1. The van der Waals surface area contributed by atoms with Crippen molar-refractivity contribution in [3.63, 3.8) is 0 Å². The maximum absolute atomic E-state index is 12.1. The number of methoxy groups -OCH3 is 1. The Morgan fingerprint density at radius 2 is 1.94 bits per heavy atom. The number of nitrogens with zero attached hydrogens (tertiary/aromatic N) is 2. The van der Waals surface area contributed by atoms with E-state index in [1.807, 2.05) is 18.2 Å². The summed E-state index contributed by atoms with van der Waals surface area (Å²) in [5.41, 5.74) is 8.70. The second kappa shape index (κ2) is 9.06. The quantitative estimate of drug-likeness (QED) is 0.311. The van der Waals surface area contributed by atoms with Gasteiger partial charge in [-0.2, -0.15) is 5.26 Å². The molecule has 0 bridgehead atoms. The molecule has 2 heterocycles. The van der Waals surface area contributed by atoms with Gasteiger partial charge in [-0.05, 0) is 44.2 Å². The monoisotopic (exact) mass is 446 g/mol. The molecule has 0 aliphatic carbocycles. The lowest BCUT2D eigenvalue weighted by molar-refractivity contribution is 0.0705. The Morgan fingerprint density at radius 3 is 2.67 bits per heavy atom. The van der Waals surface area contributed by atoms with Crippen LogP contribution < -0.4 is 15.2 Å². The zero-order valence-electron chi connectivity index (χ0n) is 18.3. The van der Waals surface area contributed by atoms with Crippen LogP contribution in [0.15, 0.2) is 42.6 Å². The van der Waals surface area contributed by atoms with Crippen LogP contribution in [-0.4, -0.2) is 29.3 Å². The Bertz CT molecular complexity index is 1390. The van der Waals surface area contributed by atoms with Gasteiger partial charge in [-0.3, -0.25) is 0 Å². The van der Waals surface area contributed by atoms with Gasteiger partial charge in [0.25, 0.3) is 0 Å². The van der Waals surface area contributed by atoms with E-state index in [1.165, 1.54) is 0 Å². The van der Waals surface area contributed by atoms with E-state index in [0.717, 1.165) is 21.8 Å². The zero-order chi connectivity index (χ0) is 23.5. The number of fused-ring (bicyclic) bond motifs is 3. The Balaban J connectivity index is 1.78. The summed E-state index contributed by atoms with van der Waals surface area (Å²) in [5, 5.41) is 10.8. The first kappa shape index (κ1) is 21.9. The number of benzene rings is 2. The number of hydrogen-bond acceptors (Lipinski definition) is 8. The van der Waals surface area contributed by atoms with Gasteiger partial charge in [-0.25, -0.2) is 9.78 Å². The molecule has 0 fully saturated rings. The summed E-state index contributed by atoms with van der Waals surface area (Å²) < 4.78 is 21.8. The largest absolute Gasteiger partial charge is 0.515 e. The van der Waals surface area contributed by atoms with Crippen LogP contribution in [0.5, 0.6) is 17.4 Å². The summed E-state index contributed by atoms with van der Waals surface area (Å²) >= 11 is 0. The summed E-state index contributed by atoms with van der Waals surface area (Å²) in [6, 6.07) is 12.5. The van der Waals surface area contributed by atoms with Gasteiger partial charge in [0.1, 0.15) is 17.6 Å². The van der Waals surface area contributed by atoms with Gasteiger partial charge in [0.2, 0.25) is 5.88 Å². The Hall–Kier alpha value is -4.29. The summed E-state index contributed by atoms with van der Waals surface area (Å²) in [5.74, 6) is 1.15. The van der Waals surface area contributed by atoms with Crippen molar-refractivity contribution in [2.24, 2.45) is 0 Å². The van der Waals surface area contributed by atoms with Crippen molar-refractivity contribution >= 4 is 33.6 Å². The van der Waals surface area contributed by atoms with Crippen molar-refractivity contribution in [3.8, 4) is 23.4 Å². The smallest absolute Gasteiger partial charge is 0.457 e. The van der Waals surface area contributed by atoms with Crippen molar-refractivity contribution in [3.05, 3.63) is 53.7 Å². The minimum atomic E-state index is -0.838. The maximum atomic E-state index is 12.1. The SMILES string of the molecule is COCc1c(OC(=O)OC(C)C)ncc2[nH]c3ccc(Oc4ccc(N)c(C#N)c4)cc3c12. The van der Waals surface area contributed by atoms with E-state index in [4.69, 9.17) is 24.7 Å². The number of anilines is 1. The second-order valence-corrected chi connectivity index (χ2v) is 7.58. The molecule has 0 aliphatic rings. The topological polar surface area (TPSA) is 132 Å². The van der Waals surface area contributed by atoms with Crippen molar-refractivity contribution in [2.75, 3.05) is 12.8 Å². The average Bonchev–Trinajstić information content (AvgIpc) is 3.14. The molecule has 0 spiro atoms. The number of H-pyrrole nitrogens is 1. The summed E-state index contributed by atoms with van der Waals surface area (Å²) in [6.07, 6.45) is 0.427. The van der Waals surface area contributed by atoms with E-state index in [9.17, 15) is 10.1 Å². The number of nitrogens with one attached hydrogen (secondary N) is 1. The standard InChI is InChI=1S/C24H22N4O5/c1-13(2)31-24(29)33-23-18(12-30-3)22-17-9-16(5-7-20(17)28-21(22)11-27-23)32-15-4-6-19(26)14(8-15)10-25/h4-9,11,13,28H,12,26H2,1-3H3. The first-order chi connectivity index (χ1) is 15.9. The van der Waals surface area contributed by atoms with E-state index in [1.54, 1.807) is 51.4 Å². The fourth-order valence-electron chi connectivity index (χ4n) is 3.48. The maximum Gasteiger partial charge on any atom is 0.515 e. The van der Waals surface area contributed by atoms with Crippen molar-refractivity contribution in [2.45, 2.75) is 26.6 Å². The van der Waals surface area contributed by atoms with Gasteiger partial charge in [0, 0.05) is 35.2 Å². The molecule has 2 aromatic carbocycles. The van der Waals surface area contributed by atoms with E-state index < -0.39 is 6.16 Å². The molecule has 4 aromatic rings. The molecular formula is C24H22N4O5. The average molecular weight is 446 g/mol. The number of ether oxygens (including phenoxy) is 4. The molecule has 0 aliphatic heterocycles. The van der Waals surface area contributed by atoms with Gasteiger partial charge in [0.05, 0.1) is 35.6 Å². The normalized spacial score (nSPS) is 11.0. The molecule has 0 atom stereocenters. The summed E-state index contributed by atoms with van der Waals surface area (Å²) in [6.45, 7) is 3.63. The van der Waals surface area contributed by atoms with Gasteiger partial charge in [-0.15, -0.1) is 0 Å². The molecule has 0 unspecified atom stereocenters. The van der Waals surface area contributed by atoms with Crippen molar-refractivity contribution in [1.82, 2.24) is 9.97 Å². The number of nitrogen functional groups attached to an aromatic ring is 1. The van der Waals surface area contributed by atoms with Gasteiger partial charge in [0.15, 0.2) is 0 Å². The van der Waals surface area contributed by atoms with Gasteiger partial charge >= 0.3 is 6.16 Å². The molecule has 0 amide bonds. The van der Waals surface area contributed by atoms with Crippen molar-refractivity contribution in [1.29, 1.82) is 5.26 Å². The molecule has 2 aromatic heterocycles. The zero-order valence-corrected chi connectivity index (χ0v) is 18.3. The predicted molar refractivity (Wildman–Crippen MR) is 122 cm³/mol. The highest BCUT2D eigenvalue weighted by molar-refractivity contribution is 6.09. The Kier molecular flexibility index (Phi) is 6.02. The molecule has 4 rings (SSSR count). The lowest BCUT2D eigenvalue weighted by Gasteiger charge is -2.12. The fraction of sp³-hybridized carbons (Fsp3) is 0.208. The number of aromatic amines is 1. The minimum Gasteiger partial charge on any atom is -0.457 e. The number of carbonyl (C=O) groups is 1. The third kappa shape index (κ3) is 4.51. The molecule has 9 heteroatoms. The number of hydrogen-bond donors (Lipinski definition) is 2. The lowest BCUT2D eigenvalue weighted by Crippen LogP contribution is -2.17. The molecule has 9 nitrogen and oxygen atoms in total. The van der Waals surface area contributed by atoms with Gasteiger partial charge < -0.3 is 29.7 Å². The highest BCUT2D eigenvalue weighted by atomic mass is 16.7. The van der Waals surface area contributed by atoms with E-state index in [-0.39, 0.29) is 18.6 Å². The molecule has 168 valence electrons. The van der Waals surface area contributed by atoms with E-state index in [2.05, 4.69) is 9.97 Å². The Labute approximate surface area is 189 Å². The first-order valence-electron chi connectivity index (χ1n) is 10.2. The molecule has 0 radical (unpaired) electrons. The molecule has 3 N–H and O–H groups in total. The van der Waals surface area contributed by atoms with E-state index in [0.29, 0.717) is 28.3 Å². The number of nitrogens with two attached hydrogens (primary N) is 1. The van der Waals surface area contributed by atoms with Gasteiger partial charge in [-0.1, -0.05) is 0 Å². The highest BCUT2D eigenvalue weighted by Gasteiger charge is 2.19. The number of aromatic nitrogens is 2. The fourth-order valence-corrected chi connectivity index (χ4v) is 3.48. The van der Waals surface area contributed by atoms with Crippen LogP contribution in [0.1, 0.15) is 25.0 Å². The van der Waals surface area contributed by atoms with E-state index >= 15 is 0 Å². The Morgan fingerprint density at radius 1 is 1.18 bits per heavy atom. The lowest BCUT2D eigenvalue weighted by atomic mass is 10.1. The van der Waals surface area contributed by atoms with Crippen LogP contribution in [-0.2, 0) is 16.1 Å². The van der Waals surface area contributed by atoms with Crippen LogP contribution >= 0.6 is 0 Å². The molecular weight excluding hydrogens is 424 g/mol. The number of rotatable bonds is 6. The second-order valence-electron chi connectivity index (χ2n) is 7.58. The molecule has 33 heavy (non-hydrogen) atoms. The van der Waals surface area contributed by atoms with Crippen LogP contribution in [0.25, 0.3) is 21.8 Å². The molecule has 0 saturated heterocycles. The van der Waals surface area contributed by atoms with Crippen LogP contribution in [0.4, 0.5) is 10.5 Å². The third-order valence-corrected chi connectivity index (χ3v) is 4.85. The van der Waals surface area contributed by atoms with Crippen molar-refractivity contribution < 1.29 is 23.7 Å². The third-order valence-electron chi connectivity index (χ3n) is 4.85. The number of carbonyl (C=O) groups excluding carboxylic acids is 1. The van der Waals surface area contributed by atoms with Crippen LogP contribution in [0.3, 0.4) is 0 Å². The summed E-state index contributed by atoms with van der Waals surface area (Å²) in [7, 11) is 1.55. The summed E-state index contributed by atoms with van der Waals surface area (Å²) in [4.78, 5) is 19.6.